The minimum absolute atomic E-state index is 0.296. The normalized spacial score (nSPS) is 13.1. The first-order chi connectivity index (χ1) is 9.20. The summed E-state index contributed by atoms with van der Waals surface area (Å²) < 4.78 is 16.7. The Morgan fingerprint density at radius 2 is 2.00 bits per heavy atom. The number of rotatable bonds is 7. The Morgan fingerprint density at radius 3 is 2.68 bits per heavy atom. The van der Waals surface area contributed by atoms with Crippen molar-refractivity contribution >= 4 is 0 Å². The van der Waals surface area contributed by atoms with E-state index in [4.69, 9.17) is 14.2 Å². The van der Waals surface area contributed by atoms with Crippen LogP contribution in [0.2, 0.25) is 0 Å². The molecule has 1 aliphatic rings. The van der Waals surface area contributed by atoms with Gasteiger partial charge in [-0.1, -0.05) is 27.2 Å². The molecule has 1 aliphatic heterocycles. The van der Waals surface area contributed by atoms with Gasteiger partial charge < -0.3 is 19.5 Å². The van der Waals surface area contributed by atoms with E-state index in [2.05, 4.69) is 26.1 Å². The van der Waals surface area contributed by atoms with Crippen molar-refractivity contribution in [3.05, 3.63) is 17.7 Å². The maximum Gasteiger partial charge on any atom is 0.231 e. The Kier molecular flexibility index (Phi) is 4.91. The average Bonchev–Trinajstić information content (AvgIpc) is 2.83. The van der Waals surface area contributed by atoms with Crippen LogP contribution in [-0.4, -0.2) is 19.4 Å². The summed E-state index contributed by atoms with van der Waals surface area (Å²) >= 11 is 0. The molecule has 0 saturated carbocycles. The predicted octanol–water partition coefficient (Wildman–Crippen LogP) is 3.09. The van der Waals surface area contributed by atoms with Crippen LogP contribution in [0.25, 0.3) is 0 Å². The number of benzene rings is 1. The zero-order chi connectivity index (χ0) is 13.7. The summed E-state index contributed by atoms with van der Waals surface area (Å²) in [5.74, 6) is 2.48. The van der Waals surface area contributed by atoms with Gasteiger partial charge in [-0.2, -0.15) is 0 Å². The van der Waals surface area contributed by atoms with Crippen LogP contribution in [0.15, 0.2) is 12.1 Å². The number of unbranched alkanes of at least 4 members (excludes halogenated alkanes) is 1. The molecule has 0 saturated heterocycles. The van der Waals surface area contributed by atoms with Gasteiger partial charge in [0.2, 0.25) is 6.79 Å². The van der Waals surface area contributed by atoms with E-state index in [0.717, 1.165) is 48.8 Å². The average molecular weight is 265 g/mol. The van der Waals surface area contributed by atoms with Gasteiger partial charge in [-0.3, -0.25) is 0 Å². The van der Waals surface area contributed by atoms with E-state index in [9.17, 15) is 0 Å². The molecule has 1 aromatic rings. The van der Waals surface area contributed by atoms with Crippen molar-refractivity contribution in [2.45, 2.75) is 46.2 Å². The molecule has 1 N–H and O–H groups in total. The maximum atomic E-state index is 5.86. The molecule has 0 aromatic heterocycles. The number of nitrogens with one attached hydrogen (secondary N) is 1. The summed E-state index contributed by atoms with van der Waals surface area (Å²) in [6, 6.07) is 4.39. The molecular weight excluding hydrogens is 242 g/mol. The van der Waals surface area contributed by atoms with Crippen LogP contribution in [0.4, 0.5) is 0 Å². The van der Waals surface area contributed by atoms with E-state index in [1.807, 2.05) is 12.1 Å². The summed E-state index contributed by atoms with van der Waals surface area (Å²) in [5, 5.41) is 3.41. The fourth-order valence-electron chi connectivity index (χ4n) is 1.88. The van der Waals surface area contributed by atoms with Gasteiger partial charge in [-0.15, -0.1) is 0 Å². The summed E-state index contributed by atoms with van der Waals surface area (Å²) in [6.07, 6.45) is 2.19. The summed E-state index contributed by atoms with van der Waals surface area (Å²) in [5.41, 5.74) is 1.12. The monoisotopic (exact) mass is 265 g/mol. The van der Waals surface area contributed by atoms with Crippen molar-refractivity contribution in [2.24, 2.45) is 0 Å². The molecule has 0 aliphatic carbocycles. The Hall–Kier alpha value is -1.42. The topological polar surface area (TPSA) is 39.7 Å². The number of ether oxygens (including phenoxy) is 3. The zero-order valence-electron chi connectivity index (χ0n) is 12.0. The summed E-state index contributed by atoms with van der Waals surface area (Å²) in [6.45, 7) is 8.23. The van der Waals surface area contributed by atoms with Crippen LogP contribution in [-0.2, 0) is 6.54 Å². The highest BCUT2D eigenvalue weighted by Crippen LogP contribution is 2.38. The number of hydrogen-bond acceptors (Lipinski definition) is 4. The third kappa shape index (κ3) is 3.77. The Balaban J connectivity index is 2.12. The van der Waals surface area contributed by atoms with Crippen molar-refractivity contribution in [1.82, 2.24) is 5.32 Å². The number of fused-ring (bicyclic) bond motifs is 1. The molecule has 0 spiro atoms. The van der Waals surface area contributed by atoms with Gasteiger partial charge >= 0.3 is 0 Å². The first kappa shape index (κ1) is 14.0. The second-order valence-corrected chi connectivity index (χ2v) is 5.05. The molecule has 0 amide bonds. The molecule has 106 valence electrons. The van der Waals surface area contributed by atoms with Gasteiger partial charge in [-0.25, -0.2) is 0 Å². The van der Waals surface area contributed by atoms with E-state index in [1.54, 1.807) is 0 Å². The molecule has 0 fully saturated rings. The molecule has 19 heavy (non-hydrogen) atoms. The van der Waals surface area contributed by atoms with Crippen LogP contribution < -0.4 is 19.5 Å². The van der Waals surface area contributed by atoms with Gasteiger partial charge in [0.15, 0.2) is 11.5 Å². The molecule has 4 nitrogen and oxygen atoms in total. The molecule has 1 aromatic carbocycles. The van der Waals surface area contributed by atoms with E-state index in [1.165, 1.54) is 0 Å². The minimum Gasteiger partial charge on any atom is -0.493 e. The summed E-state index contributed by atoms with van der Waals surface area (Å²) in [7, 11) is 0. The van der Waals surface area contributed by atoms with Crippen molar-refractivity contribution in [3.8, 4) is 17.2 Å². The molecule has 0 bridgehead atoms. The highest BCUT2D eigenvalue weighted by Gasteiger charge is 2.18. The molecule has 0 atom stereocenters. The molecule has 4 heteroatoms. The van der Waals surface area contributed by atoms with Crippen molar-refractivity contribution in [2.75, 3.05) is 13.4 Å². The number of hydrogen-bond donors (Lipinski definition) is 1. The van der Waals surface area contributed by atoms with Crippen molar-refractivity contribution in [1.29, 1.82) is 0 Å². The van der Waals surface area contributed by atoms with Gasteiger partial charge in [0.25, 0.3) is 0 Å². The fourth-order valence-corrected chi connectivity index (χ4v) is 1.88. The van der Waals surface area contributed by atoms with Crippen LogP contribution in [0, 0.1) is 0 Å². The largest absolute Gasteiger partial charge is 0.493 e. The van der Waals surface area contributed by atoms with Gasteiger partial charge in [0.05, 0.1) is 6.61 Å². The lowest BCUT2D eigenvalue weighted by molar-refractivity contribution is 0.173. The van der Waals surface area contributed by atoms with Gasteiger partial charge in [-0.05, 0) is 12.5 Å². The Bertz CT molecular complexity index is 418. The highest BCUT2D eigenvalue weighted by atomic mass is 16.7. The molecule has 0 unspecified atom stereocenters. The lowest BCUT2D eigenvalue weighted by Crippen LogP contribution is -2.22. The van der Waals surface area contributed by atoms with Gasteiger partial charge in [0.1, 0.15) is 5.75 Å². The second-order valence-electron chi connectivity index (χ2n) is 5.05. The van der Waals surface area contributed by atoms with Crippen LogP contribution in [0.3, 0.4) is 0 Å². The van der Waals surface area contributed by atoms with Crippen molar-refractivity contribution < 1.29 is 14.2 Å². The Morgan fingerprint density at radius 1 is 1.26 bits per heavy atom. The fraction of sp³-hybridized carbons (Fsp3) is 0.600. The third-order valence-corrected chi connectivity index (χ3v) is 3.01. The minimum atomic E-state index is 0.296. The van der Waals surface area contributed by atoms with Gasteiger partial charge in [0, 0.05) is 24.2 Å². The molecule has 1 heterocycles. The molecular formula is C15H23NO3. The SMILES string of the molecule is CCCCOc1cc2c(cc1CNC(C)C)OCO2. The van der Waals surface area contributed by atoms with E-state index in [-0.39, 0.29) is 0 Å². The first-order valence-electron chi connectivity index (χ1n) is 6.99. The van der Waals surface area contributed by atoms with E-state index < -0.39 is 0 Å². The standard InChI is InChI=1S/C15H23NO3/c1-4-5-6-17-13-8-15-14(18-10-19-15)7-12(13)9-16-11(2)3/h7-8,11,16H,4-6,9-10H2,1-3H3. The quantitative estimate of drug-likeness (QED) is 0.769. The van der Waals surface area contributed by atoms with Crippen LogP contribution >= 0.6 is 0 Å². The summed E-state index contributed by atoms with van der Waals surface area (Å²) in [4.78, 5) is 0. The lowest BCUT2D eigenvalue weighted by atomic mass is 10.1. The second kappa shape index (κ2) is 6.66. The predicted molar refractivity (Wildman–Crippen MR) is 74.9 cm³/mol. The lowest BCUT2D eigenvalue weighted by Gasteiger charge is -2.14. The van der Waals surface area contributed by atoms with Crippen molar-refractivity contribution in [3.63, 3.8) is 0 Å². The van der Waals surface area contributed by atoms with E-state index in [0.29, 0.717) is 12.8 Å². The third-order valence-electron chi connectivity index (χ3n) is 3.01. The van der Waals surface area contributed by atoms with E-state index >= 15 is 0 Å². The van der Waals surface area contributed by atoms with Crippen LogP contribution in [0.5, 0.6) is 17.2 Å². The van der Waals surface area contributed by atoms with Crippen LogP contribution in [0.1, 0.15) is 39.2 Å². The first-order valence-corrected chi connectivity index (χ1v) is 6.99. The molecule has 0 radical (unpaired) electrons. The molecule has 2 rings (SSSR count). The smallest absolute Gasteiger partial charge is 0.231 e. The maximum absolute atomic E-state index is 5.86. The highest BCUT2D eigenvalue weighted by molar-refractivity contribution is 5.51. The zero-order valence-corrected chi connectivity index (χ0v) is 12.0. The Labute approximate surface area is 115 Å².